The molecule has 0 N–H and O–H groups in total. The molecule has 0 saturated carbocycles. The molecule has 0 atom stereocenters. The van der Waals surface area contributed by atoms with E-state index in [1.807, 2.05) is 0 Å². The van der Waals surface area contributed by atoms with Crippen molar-refractivity contribution in [3.8, 4) is 22.8 Å². The van der Waals surface area contributed by atoms with Crippen LogP contribution in [0.5, 0.6) is 0 Å². The fraction of sp³-hybridized carbons (Fsp3) is 0.250. The van der Waals surface area contributed by atoms with E-state index in [1.165, 1.54) is 16.4 Å². The van der Waals surface area contributed by atoms with Gasteiger partial charge < -0.3 is 0 Å². The summed E-state index contributed by atoms with van der Waals surface area (Å²) in [7, 11) is -1.89. The van der Waals surface area contributed by atoms with Crippen LogP contribution in [-0.2, 0) is 36.2 Å². The van der Waals surface area contributed by atoms with Crippen LogP contribution >= 0.6 is 0 Å². The summed E-state index contributed by atoms with van der Waals surface area (Å²) in [4.78, 5) is 9.08. The summed E-state index contributed by atoms with van der Waals surface area (Å²) < 4.78 is 66.1. The first kappa shape index (κ1) is 21.2. The van der Waals surface area contributed by atoms with Gasteiger partial charge in [-0.2, -0.15) is 22.6 Å². The van der Waals surface area contributed by atoms with Crippen LogP contribution in [0.2, 0.25) is 0 Å². The molecule has 0 unspecified atom stereocenters. The van der Waals surface area contributed by atoms with E-state index in [9.17, 15) is 21.6 Å². The Bertz CT molecular complexity index is 1250. The largest absolute Gasteiger partial charge is 0.416 e. The third kappa shape index (κ3) is 4.10. The Labute approximate surface area is 176 Å². The third-order valence-corrected chi connectivity index (χ3v) is 6.48. The van der Waals surface area contributed by atoms with Gasteiger partial charge in [0.2, 0.25) is 10.0 Å². The zero-order valence-electron chi connectivity index (χ0n) is 16.5. The van der Waals surface area contributed by atoms with Crippen LogP contribution in [0.1, 0.15) is 16.8 Å². The average molecular weight is 449 g/mol. The number of aryl methyl sites for hydroxylation is 1. The molecule has 1 aliphatic rings. The van der Waals surface area contributed by atoms with Crippen molar-refractivity contribution in [2.24, 2.45) is 7.05 Å². The molecule has 0 fully saturated rings. The van der Waals surface area contributed by atoms with E-state index in [-0.39, 0.29) is 18.9 Å². The molecule has 31 heavy (non-hydrogen) atoms. The van der Waals surface area contributed by atoms with E-state index in [4.69, 9.17) is 0 Å². The lowest BCUT2D eigenvalue weighted by molar-refractivity contribution is -0.137. The lowest BCUT2D eigenvalue weighted by atomic mass is 10.0. The Morgan fingerprint density at radius 3 is 2.42 bits per heavy atom. The van der Waals surface area contributed by atoms with Crippen LogP contribution in [-0.4, -0.2) is 39.0 Å². The number of halogens is 3. The third-order valence-electron chi connectivity index (χ3n) is 5.03. The zero-order chi connectivity index (χ0) is 22.4. The molecule has 0 radical (unpaired) electrons. The molecule has 1 aliphatic heterocycles. The molecule has 2 aromatic heterocycles. The van der Waals surface area contributed by atoms with E-state index in [1.54, 1.807) is 24.0 Å². The highest BCUT2D eigenvalue weighted by Gasteiger charge is 2.31. The maximum absolute atomic E-state index is 12.9. The van der Waals surface area contributed by atoms with Crippen LogP contribution in [0.3, 0.4) is 0 Å². The molecule has 11 heteroatoms. The van der Waals surface area contributed by atoms with Crippen LogP contribution < -0.4 is 0 Å². The number of sulfonamides is 1. The molecule has 0 spiro atoms. The van der Waals surface area contributed by atoms with E-state index in [0.29, 0.717) is 29.1 Å². The molecule has 3 heterocycles. The van der Waals surface area contributed by atoms with E-state index in [0.717, 1.165) is 23.1 Å². The van der Waals surface area contributed by atoms with Gasteiger partial charge in [0.25, 0.3) is 0 Å². The summed E-state index contributed by atoms with van der Waals surface area (Å²) in [6.45, 7) is 3.61. The van der Waals surface area contributed by atoms with Crippen molar-refractivity contribution in [3.63, 3.8) is 0 Å². The van der Waals surface area contributed by atoms with Crippen LogP contribution in [0, 0.1) is 0 Å². The number of hydrogen-bond donors (Lipinski definition) is 0. The molecule has 0 saturated heterocycles. The number of fused-ring (bicyclic) bond motifs is 1. The van der Waals surface area contributed by atoms with Gasteiger partial charge in [-0.15, -0.1) is 0 Å². The summed E-state index contributed by atoms with van der Waals surface area (Å²) >= 11 is 0. The van der Waals surface area contributed by atoms with Gasteiger partial charge in [0.05, 0.1) is 23.5 Å². The molecule has 0 bridgehead atoms. The van der Waals surface area contributed by atoms with Gasteiger partial charge in [0, 0.05) is 36.3 Å². The fourth-order valence-electron chi connectivity index (χ4n) is 3.42. The molecule has 0 amide bonds. The molecular weight excluding hydrogens is 431 g/mol. The maximum atomic E-state index is 12.9. The minimum Gasteiger partial charge on any atom is -0.275 e. The van der Waals surface area contributed by atoms with Crippen molar-refractivity contribution in [1.82, 2.24) is 24.1 Å². The highest BCUT2D eigenvalue weighted by atomic mass is 32.2. The van der Waals surface area contributed by atoms with Gasteiger partial charge in [-0.05, 0) is 24.6 Å². The van der Waals surface area contributed by atoms with Gasteiger partial charge in [0.15, 0.2) is 5.82 Å². The minimum absolute atomic E-state index is 0.0136. The lowest BCUT2D eigenvalue weighted by Crippen LogP contribution is -2.35. The summed E-state index contributed by atoms with van der Waals surface area (Å²) in [6.07, 6.45) is -2.32. The SMILES string of the molecule is C=CS(=O)(=O)N1CCc2c(nc(-c3ccc(C(F)(F)F)cc3)nc2-c2ccn(C)n2)C1. The monoisotopic (exact) mass is 449 g/mol. The number of benzene rings is 1. The van der Waals surface area contributed by atoms with E-state index < -0.39 is 21.8 Å². The highest BCUT2D eigenvalue weighted by molar-refractivity contribution is 7.91. The lowest BCUT2D eigenvalue weighted by Gasteiger charge is -2.27. The van der Waals surface area contributed by atoms with Crippen molar-refractivity contribution in [2.45, 2.75) is 19.1 Å². The molecular formula is C20H18F3N5O2S. The number of hydrogen-bond acceptors (Lipinski definition) is 5. The van der Waals surface area contributed by atoms with Gasteiger partial charge in [-0.25, -0.2) is 18.4 Å². The quantitative estimate of drug-likeness (QED) is 0.610. The summed E-state index contributed by atoms with van der Waals surface area (Å²) in [5.74, 6) is 0.200. The predicted octanol–water partition coefficient (Wildman–Crippen LogP) is 3.39. The normalized spacial score (nSPS) is 15.0. The summed E-state index contributed by atoms with van der Waals surface area (Å²) in [5, 5.41) is 5.27. The second kappa shape index (κ2) is 7.57. The topological polar surface area (TPSA) is 81.0 Å². The van der Waals surface area contributed by atoms with Crippen LogP contribution in [0.25, 0.3) is 22.8 Å². The average Bonchev–Trinajstić information content (AvgIpc) is 3.18. The Hall–Kier alpha value is -3.05. The molecule has 3 aromatic rings. The van der Waals surface area contributed by atoms with Crippen molar-refractivity contribution >= 4 is 10.0 Å². The number of nitrogens with zero attached hydrogens (tertiary/aromatic N) is 5. The van der Waals surface area contributed by atoms with Crippen LogP contribution in [0.4, 0.5) is 13.2 Å². The summed E-state index contributed by atoms with van der Waals surface area (Å²) in [5.41, 5.74) is 1.98. The minimum atomic E-state index is -4.45. The first-order valence-corrected chi connectivity index (χ1v) is 10.8. The second-order valence-corrected chi connectivity index (χ2v) is 8.95. The van der Waals surface area contributed by atoms with Gasteiger partial charge in [-0.3, -0.25) is 4.68 Å². The molecule has 0 aliphatic carbocycles. The molecule has 162 valence electrons. The van der Waals surface area contributed by atoms with Crippen LogP contribution in [0.15, 0.2) is 48.5 Å². The second-order valence-electron chi connectivity index (χ2n) is 7.07. The number of rotatable bonds is 4. The molecule has 1 aromatic carbocycles. The Morgan fingerprint density at radius 2 is 1.84 bits per heavy atom. The van der Waals surface area contributed by atoms with Gasteiger partial charge in [0.1, 0.15) is 5.69 Å². The predicted molar refractivity (Wildman–Crippen MR) is 108 cm³/mol. The molecule has 4 rings (SSSR count). The fourth-order valence-corrected chi connectivity index (χ4v) is 4.28. The maximum Gasteiger partial charge on any atom is 0.416 e. The standard InChI is InChI=1S/C20H18F3N5O2S/c1-3-31(29,30)28-11-8-15-17(12-28)24-19(25-18(15)16-9-10-27(2)26-16)13-4-6-14(7-5-13)20(21,22)23/h3-7,9-10H,1,8,11-12H2,2H3. The van der Waals surface area contributed by atoms with Gasteiger partial charge >= 0.3 is 6.18 Å². The first-order valence-electron chi connectivity index (χ1n) is 9.28. The number of alkyl halides is 3. The van der Waals surface area contributed by atoms with E-state index >= 15 is 0 Å². The Kier molecular flexibility index (Phi) is 5.18. The van der Waals surface area contributed by atoms with Crippen molar-refractivity contribution in [2.75, 3.05) is 6.54 Å². The first-order chi connectivity index (χ1) is 14.6. The van der Waals surface area contributed by atoms with E-state index in [2.05, 4.69) is 21.6 Å². The number of aromatic nitrogens is 4. The van der Waals surface area contributed by atoms with Crippen molar-refractivity contribution in [3.05, 3.63) is 65.3 Å². The highest BCUT2D eigenvalue weighted by Crippen LogP contribution is 2.33. The van der Waals surface area contributed by atoms with Crippen molar-refractivity contribution in [1.29, 1.82) is 0 Å². The zero-order valence-corrected chi connectivity index (χ0v) is 17.3. The summed E-state index contributed by atoms with van der Waals surface area (Å²) in [6, 6.07) is 6.30. The molecule has 7 nitrogen and oxygen atoms in total. The van der Waals surface area contributed by atoms with Gasteiger partial charge in [-0.1, -0.05) is 18.7 Å². The Morgan fingerprint density at radius 1 is 1.13 bits per heavy atom. The smallest absolute Gasteiger partial charge is 0.275 e. The van der Waals surface area contributed by atoms with Crippen molar-refractivity contribution < 1.29 is 21.6 Å². The Balaban J connectivity index is 1.84.